The zero-order valence-electron chi connectivity index (χ0n) is 36.4. The summed E-state index contributed by atoms with van der Waals surface area (Å²) in [6.45, 7) is 18.7. The fraction of sp³-hybridized carbons (Fsp3) is 1.00. The SMILES string of the molecule is CC1(C)O[C@@H]2OC(COCC(O)CNCCCCCCCCCCCCNCC(O)COCC3O[C@@H]4OC(C)(C)O[C@@H]4[C@H]4OC(C)(C)O[C@@H]34)[C@H]3OC(C)(C)O[C@H]3[C@@H]2O1. The van der Waals surface area contributed by atoms with Crippen LogP contribution < -0.4 is 10.6 Å². The van der Waals surface area contributed by atoms with E-state index in [0.717, 1.165) is 25.9 Å². The standard InChI is InChI=1S/C42H76N2O14/c1-39(2)51-31-29(49-37-35(33(31)53-39)55-41(5,6)57-37)25-47-23-27(45)21-43-19-17-15-13-11-9-10-12-14-16-18-20-44-22-28(46)24-48-26-30-32-34(54-40(3,4)52-32)36-38(50-30)58-42(7,8)56-36/h27-38,43-46H,9-26H2,1-8H3/t27?,28?,29?,30?,31-,32+,33-,34+,35+,36-,37+,38-. The smallest absolute Gasteiger partial charge is 0.190 e. The molecule has 0 radical (unpaired) electrons. The normalized spacial score (nSPS) is 36.3. The van der Waals surface area contributed by atoms with Gasteiger partial charge in [-0.1, -0.05) is 51.4 Å². The van der Waals surface area contributed by atoms with Gasteiger partial charge < -0.3 is 77.7 Å². The summed E-state index contributed by atoms with van der Waals surface area (Å²) in [6.07, 6.45) is 7.01. The van der Waals surface area contributed by atoms with E-state index in [1.54, 1.807) is 0 Å². The maximum absolute atomic E-state index is 10.5. The third-order valence-corrected chi connectivity index (χ3v) is 11.4. The molecular formula is C42H76N2O14. The molecule has 0 aromatic rings. The van der Waals surface area contributed by atoms with E-state index in [9.17, 15) is 10.2 Å². The molecule has 6 rings (SSSR count). The molecule has 6 aliphatic rings. The Balaban J connectivity index is 0.692. The molecule has 0 aromatic carbocycles. The zero-order chi connectivity index (χ0) is 41.6. The maximum atomic E-state index is 10.5. The minimum Gasteiger partial charge on any atom is -0.389 e. The molecule has 338 valence electrons. The van der Waals surface area contributed by atoms with Crippen LogP contribution in [0, 0.1) is 0 Å². The van der Waals surface area contributed by atoms with Gasteiger partial charge in [-0.05, 0) is 81.3 Å². The molecule has 0 aromatic heterocycles. The van der Waals surface area contributed by atoms with E-state index in [2.05, 4.69) is 10.6 Å². The van der Waals surface area contributed by atoms with E-state index in [1.165, 1.54) is 51.4 Å². The number of aliphatic hydroxyl groups is 2. The van der Waals surface area contributed by atoms with Crippen LogP contribution in [0.5, 0.6) is 0 Å². The molecule has 6 aliphatic heterocycles. The average Bonchev–Trinajstić information content (AvgIpc) is 3.84. The summed E-state index contributed by atoms with van der Waals surface area (Å²) in [4.78, 5) is 0. The van der Waals surface area contributed by atoms with Crippen LogP contribution in [0.2, 0.25) is 0 Å². The second kappa shape index (κ2) is 20.7. The van der Waals surface area contributed by atoms with Gasteiger partial charge in [0.25, 0.3) is 0 Å². The van der Waals surface area contributed by atoms with Gasteiger partial charge in [-0.3, -0.25) is 0 Å². The molecule has 0 amide bonds. The van der Waals surface area contributed by atoms with Crippen molar-refractivity contribution in [3.63, 3.8) is 0 Å². The summed E-state index contributed by atoms with van der Waals surface area (Å²) in [5.74, 6) is -3.02. The van der Waals surface area contributed by atoms with Gasteiger partial charge in [-0.2, -0.15) is 0 Å². The second-order valence-electron chi connectivity index (χ2n) is 18.7. The Kier molecular flexibility index (Phi) is 16.7. The Morgan fingerprint density at radius 3 is 1.12 bits per heavy atom. The van der Waals surface area contributed by atoms with Gasteiger partial charge in [0.2, 0.25) is 0 Å². The van der Waals surface area contributed by atoms with E-state index in [1.807, 2.05) is 55.4 Å². The zero-order valence-corrected chi connectivity index (χ0v) is 36.4. The first-order chi connectivity index (χ1) is 27.5. The van der Waals surface area contributed by atoms with Gasteiger partial charge in [0.15, 0.2) is 35.7 Å². The topological polar surface area (TPSA) is 175 Å². The van der Waals surface area contributed by atoms with Gasteiger partial charge in [-0.15, -0.1) is 0 Å². The molecule has 4 unspecified atom stereocenters. The highest BCUT2D eigenvalue weighted by Gasteiger charge is 2.62. The molecule has 0 aliphatic carbocycles. The number of hydrogen-bond acceptors (Lipinski definition) is 16. The summed E-state index contributed by atoms with van der Waals surface area (Å²) in [6, 6.07) is 0. The monoisotopic (exact) mass is 833 g/mol. The van der Waals surface area contributed by atoms with E-state index in [-0.39, 0.29) is 75.3 Å². The molecule has 6 heterocycles. The molecule has 12 atom stereocenters. The molecule has 0 spiro atoms. The third kappa shape index (κ3) is 13.4. The first-order valence-corrected chi connectivity index (χ1v) is 22.2. The number of fused-ring (bicyclic) bond motifs is 6. The molecule has 16 heteroatoms. The minimum absolute atomic E-state index is 0.207. The quantitative estimate of drug-likeness (QED) is 0.0982. The van der Waals surface area contributed by atoms with Gasteiger partial charge in [0, 0.05) is 13.1 Å². The molecule has 58 heavy (non-hydrogen) atoms. The Morgan fingerprint density at radius 2 is 0.741 bits per heavy atom. The molecule has 16 nitrogen and oxygen atoms in total. The van der Waals surface area contributed by atoms with E-state index in [4.69, 9.17) is 56.8 Å². The molecule has 0 bridgehead atoms. The van der Waals surface area contributed by atoms with Gasteiger partial charge in [0.05, 0.1) is 38.6 Å². The van der Waals surface area contributed by atoms with Crippen molar-refractivity contribution in [1.29, 1.82) is 0 Å². The summed E-state index contributed by atoms with van der Waals surface area (Å²) in [7, 11) is 0. The average molecular weight is 833 g/mol. The number of unbranched alkanes of at least 4 members (excludes halogenated alkanes) is 9. The Hall–Kier alpha value is -0.640. The number of hydrogen-bond donors (Lipinski definition) is 4. The van der Waals surface area contributed by atoms with Crippen molar-refractivity contribution >= 4 is 0 Å². The summed E-state index contributed by atoms with van der Waals surface area (Å²) < 4.78 is 72.7. The van der Waals surface area contributed by atoms with E-state index < -0.39 is 47.9 Å². The van der Waals surface area contributed by atoms with Crippen LogP contribution in [0.15, 0.2) is 0 Å². The lowest BCUT2D eigenvalue weighted by molar-refractivity contribution is -0.244. The second-order valence-corrected chi connectivity index (χ2v) is 18.7. The van der Waals surface area contributed by atoms with Crippen molar-refractivity contribution in [3.8, 4) is 0 Å². The number of rotatable bonds is 25. The molecular weight excluding hydrogens is 756 g/mol. The van der Waals surface area contributed by atoms with Crippen molar-refractivity contribution < 1.29 is 67.1 Å². The fourth-order valence-electron chi connectivity index (χ4n) is 8.87. The van der Waals surface area contributed by atoms with Crippen molar-refractivity contribution in [3.05, 3.63) is 0 Å². The van der Waals surface area contributed by atoms with Crippen molar-refractivity contribution in [2.45, 2.75) is 216 Å². The van der Waals surface area contributed by atoms with Crippen molar-refractivity contribution in [1.82, 2.24) is 10.6 Å². The summed E-state index contributed by atoms with van der Waals surface area (Å²) >= 11 is 0. The van der Waals surface area contributed by atoms with Crippen LogP contribution in [-0.2, 0) is 56.8 Å². The van der Waals surface area contributed by atoms with Crippen LogP contribution >= 0.6 is 0 Å². The Morgan fingerprint density at radius 1 is 0.431 bits per heavy atom. The van der Waals surface area contributed by atoms with Gasteiger partial charge >= 0.3 is 0 Å². The Bertz CT molecular complexity index is 1150. The summed E-state index contributed by atoms with van der Waals surface area (Å²) in [5, 5.41) is 27.6. The maximum Gasteiger partial charge on any atom is 0.190 e. The molecule has 4 N–H and O–H groups in total. The van der Waals surface area contributed by atoms with Crippen molar-refractivity contribution in [2.24, 2.45) is 0 Å². The minimum atomic E-state index is -0.760. The first-order valence-electron chi connectivity index (χ1n) is 22.2. The Labute approximate surface area is 346 Å². The van der Waals surface area contributed by atoms with Crippen LogP contribution in [0.25, 0.3) is 0 Å². The lowest BCUT2D eigenvalue weighted by Crippen LogP contribution is -2.56. The predicted octanol–water partition coefficient (Wildman–Crippen LogP) is 3.61. The third-order valence-electron chi connectivity index (χ3n) is 11.4. The largest absolute Gasteiger partial charge is 0.389 e. The predicted molar refractivity (Wildman–Crippen MR) is 211 cm³/mol. The van der Waals surface area contributed by atoms with E-state index >= 15 is 0 Å². The molecule has 6 saturated heterocycles. The van der Waals surface area contributed by atoms with Gasteiger partial charge in [-0.25, -0.2) is 0 Å². The van der Waals surface area contributed by atoms with Crippen LogP contribution in [0.3, 0.4) is 0 Å². The highest BCUT2D eigenvalue weighted by molar-refractivity contribution is 5.01. The highest BCUT2D eigenvalue weighted by atomic mass is 16.9. The van der Waals surface area contributed by atoms with Crippen molar-refractivity contribution in [2.75, 3.05) is 52.6 Å². The molecule has 6 fully saturated rings. The fourth-order valence-corrected chi connectivity index (χ4v) is 8.87. The highest BCUT2D eigenvalue weighted by Crippen LogP contribution is 2.45. The van der Waals surface area contributed by atoms with E-state index in [0.29, 0.717) is 13.1 Å². The number of ether oxygens (including phenoxy) is 12. The lowest BCUT2D eigenvalue weighted by atomic mass is 9.99. The first kappa shape index (κ1) is 46.9. The lowest BCUT2D eigenvalue weighted by Gasteiger charge is -2.37. The number of nitrogens with one attached hydrogen (secondary N) is 2. The van der Waals surface area contributed by atoms with Crippen LogP contribution in [0.4, 0.5) is 0 Å². The van der Waals surface area contributed by atoms with Crippen LogP contribution in [0.1, 0.15) is 120 Å². The number of aliphatic hydroxyl groups excluding tert-OH is 2. The summed E-state index contributed by atoms with van der Waals surface area (Å²) in [5.41, 5.74) is 0. The van der Waals surface area contributed by atoms with Crippen LogP contribution in [-0.4, -0.2) is 160 Å². The van der Waals surface area contributed by atoms with Gasteiger partial charge in [0.1, 0.15) is 48.8 Å². The molecule has 0 saturated carbocycles.